The number of ether oxygens (including phenoxy) is 1. The fourth-order valence-corrected chi connectivity index (χ4v) is 0.508. The van der Waals surface area contributed by atoms with E-state index in [1.807, 2.05) is 24.6 Å². The summed E-state index contributed by atoms with van der Waals surface area (Å²) >= 11 is 0. The molecule has 30 heavy (non-hydrogen) atoms. The summed E-state index contributed by atoms with van der Waals surface area (Å²) in [5.74, 6) is -2.14. The van der Waals surface area contributed by atoms with Crippen LogP contribution in [0.25, 0.3) is 0 Å². The molecular weight excluding hydrogens is 583 g/mol. The van der Waals surface area contributed by atoms with E-state index in [0.29, 0.717) is 0 Å². The number of carbonyl (C=O) groups is 3. The zero-order valence-electron chi connectivity index (χ0n) is 19.7. The molecule has 1 aliphatic rings. The molecule has 0 heterocycles. The van der Waals surface area contributed by atoms with E-state index in [2.05, 4.69) is 5.73 Å². The number of hydrogen-bond donors (Lipinski definition) is 0. The van der Waals surface area contributed by atoms with Gasteiger partial charge >= 0.3 is 0 Å². The van der Waals surface area contributed by atoms with Crippen LogP contribution in [-0.4, -0.2) is 52.3 Å². The Hall–Kier alpha value is -1.61. The maximum absolute atomic E-state index is 9.91. The van der Waals surface area contributed by atoms with Crippen LogP contribution in [0.4, 0.5) is 0 Å². The third-order valence-corrected chi connectivity index (χ3v) is 2.76. The van der Waals surface area contributed by atoms with Crippen molar-refractivity contribution >= 4 is 45.2 Å². The molecule has 0 saturated carbocycles. The summed E-state index contributed by atoms with van der Waals surface area (Å²) < 4.78 is 4.89. The number of aliphatic carboxylic acids is 3. The van der Waals surface area contributed by atoms with Crippen LogP contribution in [0.3, 0.4) is 0 Å². The SMILES string of the molecule is CC(C)(C)C(=O)[O-].CC(C)(C)C(=O)[O-].CC(C)(C)C(=O)[O-].COC1=CC=C=C[CH]1.[Pb]. The zero-order valence-corrected chi connectivity index (χ0v) is 23.6. The summed E-state index contributed by atoms with van der Waals surface area (Å²) in [5.41, 5.74) is 0.804. The number of allylic oxidation sites excluding steroid dienone is 2. The fraction of sp³-hybridized carbons (Fsp3) is 0.591. The third-order valence-electron chi connectivity index (χ3n) is 2.76. The van der Waals surface area contributed by atoms with Crippen LogP contribution in [-0.2, 0) is 19.1 Å². The summed E-state index contributed by atoms with van der Waals surface area (Å²) in [6.45, 7) is 14.4. The van der Waals surface area contributed by atoms with E-state index in [1.54, 1.807) is 69.4 Å². The Labute approximate surface area is 201 Å². The first kappa shape index (κ1) is 35.8. The predicted octanol–water partition coefficient (Wildman–Crippen LogP) is 0.412. The maximum atomic E-state index is 9.91. The van der Waals surface area contributed by atoms with Gasteiger partial charge < -0.3 is 34.4 Å². The Bertz CT molecular complexity index is 564. The van der Waals surface area contributed by atoms with E-state index >= 15 is 0 Å². The zero-order chi connectivity index (χ0) is 24.1. The van der Waals surface area contributed by atoms with Gasteiger partial charge in [-0.25, -0.2) is 0 Å². The first-order valence-corrected chi connectivity index (χ1v) is 8.91. The Balaban J connectivity index is -0.000000149. The van der Waals surface area contributed by atoms with Crippen LogP contribution in [0.15, 0.2) is 29.7 Å². The number of carboxylic acids is 3. The van der Waals surface area contributed by atoms with Gasteiger partial charge in [0, 0.05) is 61.5 Å². The number of rotatable bonds is 1. The molecule has 0 unspecified atom stereocenters. The summed E-state index contributed by atoms with van der Waals surface area (Å²) in [6.07, 6.45) is 7.36. The molecule has 8 heteroatoms. The largest absolute Gasteiger partial charge is 0.550 e. The molecule has 0 saturated heterocycles. The van der Waals surface area contributed by atoms with Gasteiger partial charge in [0.2, 0.25) is 0 Å². The Morgan fingerprint density at radius 3 is 1.10 bits per heavy atom. The normalized spacial score (nSPS) is 12.1. The first-order valence-electron chi connectivity index (χ1n) is 8.91. The summed E-state index contributed by atoms with van der Waals surface area (Å²) in [5, 5.41) is 29.7. The number of methoxy groups -OCH3 is 1. The molecule has 0 spiro atoms. The minimum absolute atomic E-state index is 0. The molecular formula is C22H34O7Pb-3. The van der Waals surface area contributed by atoms with E-state index in [4.69, 9.17) is 4.74 Å². The van der Waals surface area contributed by atoms with Crippen molar-refractivity contribution in [2.75, 3.05) is 7.11 Å². The van der Waals surface area contributed by atoms with Crippen LogP contribution in [0.5, 0.6) is 0 Å². The second kappa shape index (κ2) is 16.1. The van der Waals surface area contributed by atoms with Gasteiger partial charge in [-0.15, -0.1) is 5.73 Å². The maximum Gasteiger partial charge on any atom is 0.105 e. The van der Waals surface area contributed by atoms with Crippen LogP contribution < -0.4 is 15.3 Å². The second-order valence-corrected chi connectivity index (χ2v) is 9.05. The van der Waals surface area contributed by atoms with E-state index in [1.165, 1.54) is 0 Å². The minimum atomic E-state index is -1.01. The molecule has 0 aromatic rings. The quantitative estimate of drug-likeness (QED) is 0.308. The summed E-state index contributed by atoms with van der Waals surface area (Å²) in [7, 11) is 1.65. The van der Waals surface area contributed by atoms with Gasteiger partial charge in [0.15, 0.2) is 0 Å². The van der Waals surface area contributed by atoms with Crippen molar-refractivity contribution in [1.82, 2.24) is 0 Å². The van der Waals surface area contributed by atoms with Gasteiger partial charge in [0.05, 0.1) is 13.5 Å². The molecule has 1 aliphatic carbocycles. The van der Waals surface area contributed by atoms with Crippen molar-refractivity contribution in [2.24, 2.45) is 16.2 Å². The van der Waals surface area contributed by atoms with E-state index in [0.717, 1.165) is 5.76 Å². The summed E-state index contributed by atoms with van der Waals surface area (Å²) in [6, 6.07) is 0. The van der Waals surface area contributed by atoms with Crippen molar-refractivity contribution in [1.29, 1.82) is 0 Å². The van der Waals surface area contributed by atoms with Gasteiger partial charge in [-0.05, 0) is 18.2 Å². The summed E-state index contributed by atoms with van der Waals surface area (Å²) in [4.78, 5) is 29.7. The standard InChI is InChI=1S/C7H7O.3C5H10O2.Pb/c1-8-7-5-3-2-4-6-7;3*1-5(2,3)4(6)7;/h3-6H,1H3;3*1-3H3,(H,6,7);/p-3. The average Bonchev–Trinajstić information content (AvgIpc) is 2.54. The van der Waals surface area contributed by atoms with Crippen molar-refractivity contribution < 1.29 is 34.4 Å². The minimum Gasteiger partial charge on any atom is -0.550 e. The molecule has 7 nitrogen and oxygen atoms in total. The predicted molar refractivity (Wildman–Crippen MR) is 111 cm³/mol. The Morgan fingerprint density at radius 2 is 1.00 bits per heavy atom. The molecule has 1 rings (SSSR count). The van der Waals surface area contributed by atoms with Crippen molar-refractivity contribution in [3.63, 3.8) is 0 Å². The van der Waals surface area contributed by atoms with E-state index in [-0.39, 0.29) is 27.3 Å². The van der Waals surface area contributed by atoms with Crippen LogP contribution >= 0.6 is 0 Å². The van der Waals surface area contributed by atoms with Gasteiger partial charge in [0.1, 0.15) is 5.76 Å². The number of carbonyl (C=O) groups excluding carboxylic acids is 3. The van der Waals surface area contributed by atoms with Crippen LogP contribution in [0.1, 0.15) is 62.3 Å². The third kappa shape index (κ3) is 24.4. The topological polar surface area (TPSA) is 130 Å². The van der Waals surface area contributed by atoms with Crippen LogP contribution in [0, 0.1) is 22.7 Å². The molecule has 0 N–H and O–H groups in total. The number of hydrogen-bond acceptors (Lipinski definition) is 7. The molecule has 0 atom stereocenters. The van der Waals surface area contributed by atoms with Gasteiger partial charge in [-0.2, -0.15) is 0 Å². The monoisotopic (exact) mass is 618 g/mol. The first-order chi connectivity index (χ1) is 12.8. The smallest absolute Gasteiger partial charge is 0.105 e. The molecule has 171 valence electrons. The molecule has 0 aromatic heterocycles. The molecule has 0 aromatic carbocycles. The van der Waals surface area contributed by atoms with E-state index < -0.39 is 34.2 Å². The van der Waals surface area contributed by atoms with E-state index in [9.17, 15) is 29.7 Å². The fourth-order valence-electron chi connectivity index (χ4n) is 0.508. The molecule has 0 bridgehead atoms. The van der Waals surface area contributed by atoms with Crippen molar-refractivity contribution in [3.8, 4) is 0 Å². The van der Waals surface area contributed by atoms with Gasteiger partial charge in [0.25, 0.3) is 0 Å². The Kier molecular flexibility index (Phi) is 19.3. The van der Waals surface area contributed by atoms with Crippen molar-refractivity contribution in [3.05, 3.63) is 36.1 Å². The molecule has 0 amide bonds. The van der Waals surface area contributed by atoms with Gasteiger partial charge in [-0.1, -0.05) is 62.3 Å². The molecule has 0 fully saturated rings. The van der Waals surface area contributed by atoms with Gasteiger partial charge in [-0.3, -0.25) is 0 Å². The molecule has 5 radical (unpaired) electrons. The van der Waals surface area contributed by atoms with Crippen molar-refractivity contribution in [2.45, 2.75) is 62.3 Å². The van der Waals surface area contributed by atoms with Crippen LogP contribution in [0.2, 0.25) is 0 Å². The second-order valence-electron chi connectivity index (χ2n) is 9.05. The number of carboxylic acid groups (broad SMARTS) is 3. The Morgan fingerprint density at radius 1 is 0.733 bits per heavy atom. The average molecular weight is 618 g/mol. The molecule has 0 aliphatic heterocycles.